The van der Waals surface area contributed by atoms with E-state index in [1.165, 1.54) is 0 Å². The van der Waals surface area contributed by atoms with Gasteiger partial charge in [-0.3, -0.25) is 4.79 Å². The molecule has 6 heteroatoms. The quantitative estimate of drug-likeness (QED) is 0.818. The first-order valence-corrected chi connectivity index (χ1v) is 7.98. The summed E-state index contributed by atoms with van der Waals surface area (Å²) in [7, 11) is 0. The number of nitrogens with zero attached hydrogens (tertiary/aromatic N) is 3. The van der Waals surface area contributed by atoms with Crippen molar-refractivity contribution in [1.82, 2.24) is 20.1 Å². The molecule has 2 aromatic rings. The monoisotopic (exact) mass is 316 g/mol. The predicted molar refractivity (Wildman–Crippen MR) is 88.5 cm³/mol. The van der Waals surface area contributed by atoms with Crippen molar-refractivity contribution in [2.45, 2.75) is 39.7 Å². The zero-order valence-corrected chi connectivity index (χ0v) is 13.9. The molecule has 2 heterocycles. The van der Waals surface area contributed by atoms with Gasteiger partial charge in [0.2, 0.25) is 0 Å². The van der Waals surface area contributed by atoms with Crippen molar-refractivity contribution in [1.29, 1.82) is 0 Å². The molecule has 1 unspecified atom stereocenters. The molecular formula is C17H24N4O2. The van der Waals surface area contributed by atoms with Gasteiger partial charge in [0, 0.05) is 18.8 Å². The second-order valence-corrected chi connectivity index (χ2v) is 5.79. The molecule has 0 saturated heterocycles. The minimum atomic E-state index is -0.156. The van der Waals surface area contributed by atoms with Crippen LogP contribution in [0.15, 0.2) is 30.6 Å². The molecule has 0 aliphatic carbocycles. The van der Waals surface area contributed by atoms with Gasteiger partial charge >= 0.3 is 0 Å². The Kier molecular flexibility index (Phi) is 5.87. The number of aliphatic hydroxyl groups excluding tert-OH is 1. The van der Waals surface area contributed by atoms with Crippen LogP contribution < -0.4 is 5.32 Å². The van der Waals surface area contributed by atoms with Crippen molar-refractivity contribution in [2.24, 2.45) is 5.92 Å². The smallest absolute Gasteiger partial charge is 0.255 e. The van der Waals surface area contributed by atoms with E-state index in [1.807, 2.05) is 39.0 Å². The molecule has 0 aromatic carbocycles. The Hall–Kier alpha value is -2.21. The third kappa shape index (κ3) is 3.96. The number of amides is 1. The topological polar surface area (TPSA) is 80.0 Å². The first-order chi connectivity index (χ1) is 11.1. The Morgan fingerprint density at radius 3 is 2.74 bits per heavy atom. The molecule has 1 amide bonds. The van der Waals surface area contributed by atoms with Crippen molar-refractivity contribution in [3.8, 4) is 5.82 Å². The average Bonchev–Trinajstić information content (AvgIpc) is 2.99. The highest BCUT2D eigenvalue weighted by Crippen LogP contribution is 2.15. The fraction of sp³-hybridized carbons (Fsp3) is 0.471. The lowest BCUT2D eigenvalue weighted by Gasteiger charge is -2.21. The largest absolute Gasteiger partial charge is 0.396 e. The Morgan fingerprint density at radius 1 is 1.39 bits per heavy atom. The first kappa shape index (κ1) is 17.1. The molecule has 0 bridgehead atoms. The number of carbonyl (C=O) groups excluding carboxylic acids is 1. The lowest BCUT2D eigenvalue weighted by Crippen LogP contribution is -2.39. The fourth-order valence-corrected chi connectivity index (χ4v) is 2.54. The normalized spacial score (nSPS) is 12.4. The second-order valence-electron chi connectivity index (χ2n) is 5.79. The third-order valence-corrected chi connectivity index (χ3v) is 3.88. The molecule has 0 aliphatic heterocycles. The maximum atomic E-state index is 12.6. The second kappa shape index (κ2) is 7.87. The van der Waals surface area contributed by atoms with Crippen LogP contribution >= 0.6 is 0 Å². The van der Waals surface area contributed by atoms with E-state index >= 15 is 0 Å². The van der Waals surface area contributed by atoms with Gasteiger partial charge in [-0.1, -0.05) is 26.8 Å². The van der Waals surface area contributed by atoms with Crippen molar-refractivity contribution >= 4 is 5.91 Å². The van der Waals surface area contributed by atoms with Gasteiger partial charge in [-0.25, -0.2) is 9.67 Å². The standard InChI is InChI=1S/C17H24N4O2/c1-4-15-13(17(23)20-14(8-10-22)12(2)3)11-19-21(15)16-7-5-6-9-18-16/h5-7,9,11-12,14,22H,4,8,10H2,1-3H3,(H,20,23). The van der Waals surface area contributed by atoms with Crippen LogP contribution in [0.1, 0.15) is 43.2 Å². The minimum Gasteiger partial charge on any atom is -0.396 e. The summed E-state index contributed by atoms with van der Waals surface area (Å²) in [4.78, 5) is 16.9. The highest BCUT2D eigenvalue weighted by atomic mass is 16.3. The maximum Gasteiger partial charge on any atom is 0.255 e. The lowest BCUT2D eigenvalue weighted by molar-refractivity contribution is 0.0915. The van der Waals surface area contributed by atoms with Gasteiger partial charge in [0.05, 0.1) is 17.5 Å². The van der Waals surface area contributed by atoms with Crippen molar-refractivity contribution < 1.29 is 9.90 Å². The summed E-state index contributed by atoms with van der Waals surface area (Å²) in [6, 6.07) is 5.53. The van der Waals surface area contributed by atoms with Crippen LogP contribution in [-0.4, -0.2) is 38.4 Å². The number of rotatable bonds is 7. The molecule has 2 aromatic heterocycles. The SMILES string of the molecule is CCc1c(C(=O)NC(CCO)C(C)C)cnn1-c1ccccn1. The van der Waals surface area contributed by atoms with Crippen LogP contribution in [0.2, 0.25) is 0 Å². The van der Waals surface area contributed by atoms with E-state index in [9.17, 15) is 4.79 Å². The molecule has 1 atom stereocenters. The van der Waals surface area contributed by atoms with Crippen LogP contribution in [0.3, 0.4) is 0 Å². The van der Waals surface area contributed by atoms with Gasteiger partial charge in [0.1, 0.15) is 0 Å². The highest BCUT2D eigenvalue weighted by molar-refractivity contribution is 5.95. The summed E-state index contributed by atoms with van der Waals surface area (Å²) in [5.74, 6) is 0.789. The molecule has 0 saturated carbocycles. The molecule has 0 aliphatic rings. The predicted octanol–water partition coefficient (Wildman–Crippen LogP) is 1.97. The summed E-state index contributed by atoms with van der Waals surface area (Å²) in [5, 5.41) is 16.5. The Balaban J connectivity index is 2.26. The van der Waals surface area contributed by atoms with E-state index in [-0.39, 0.29) is 24.5 Å². The van der Waals surface area contributed by atoms with E-state index in [0.717, 1.165) is 5.69 Å². The number of hydrogen-bond donors (Lipinski definition) is 2. The summed E-state index contributed by atoms with van der Waals surface area (Å²) in [5.41, 5.74) is 1.38. The van der Waals surface area contributed by atoms with Crippen LogP contribution in [0.4, 0.5) is 0 Å². The van der Waals surface area contributed by atoms with Crippen LogP contribution in [0, 0.1) is 5.92 Å². The molecule has 0 spiro atoms. The van der Waals surface area contributed by atoms with Crippen molar-refractivity contribution in [3.63, 3.8) is 0 Å². The van der Waals surface area contributed by atoms with Crippen molar-refractivity contribution in [2.75, 3.05) is 6.61 Å². The molecule has 23 heavy (non-hydrogen) atoms. The van der Waals surface area contributed by atoms with Crippen LogP contribution in [-0.2, 0) is 6.42 Å². The summed E-state index contributed by atoms with van der Waals surface area (Å²) >= 11 is 0. The zero-order valence-electron chi connectivity index (χ0n) is 13.9. The van der Waals surface area contributed by atoms with Gasteiger partial charge in [0.15, 0.2) is 5.82 Å². The Morgan fingerprint density at radius 2 is 2.17 bits per heavy atom. The Bertz CT molecular complexity index is 637. The first-order valence-electron chi connectivity index (χ1n) is 7.98. The fourth-order valence-electron chi connectivity index (χ4n) is 2.54. The van der Waals surface area contributed by atoms with E-state index in [2.05, 4.69) is 15.4 Å². The number of nitrogens with one attached hydrogen (secondary N) is 1. The third-order valence-electron chi connectivity index (χ3n) is 3.88. The summed E-state index contributed by atoms with van der Waals surface area (Å²) in [6.07, 6.45) is 4.50. The molecule has 124 valence electrons. The molecule has 0 fully saturated rings. The highest BCUT2D eigenvalue weighted by Gasteiger charge is 2.21. The average molecular weight is 316 g/mol. The van der Waals surface area contributed by atoms with E-state index in [0.29, 0.717) is 24.2 Å². The molecular weight excluding hydrogens is 292 g/mol. The lowest BCUT2D eigenvalue weighted by atomic mass is 10.0. The van der Waals surface area contributed by atoms with Gasteiger partial charge in [-0.05, 0) is 30.9 Å². The molecule has 2 rings (SSSR count). The Labute approximate surface area is 136 Å². The van der Waals surface area contributed by atoms with Gasteiger partial charge in [-0.15, -0.1) is 0 Å². The number of carbonyl (C=O) groups is 1. The van der Waals surface area contributed by atoms with E-state index in [1.54, 1.807) is 17.1 Å². The molecule has 6 nitrogen and oxygen atoms in total. The zero-order chi connectivity index (χ0) is 16.8. The minimum absolute atomic E-state index is 0.0525. The van der Waals surface area contributed by atoms with E-state index in [4.69, 9.17) is 5.11 Å². The number of hydrogen-bond acceptors (Lipinski definition) is 4. The van der Waals surface area contributed by atoms with E-state index < -0.39 is 0 Å². The maximum absolute atomic E-state index is 12.6. The number of aliphatic hydroxyl groups is 1. The van der Waals surface area contributed by atoms with Gasteiger partial charge < -0.3 is 10.4 Å². The van der Waals surface area contributed by atoms with Crippen molar-refractivity contribution in [3.05, 3.63) is 41.9 Å². The van der Waals surface area contributed by atoms with Gasteiger partial charge in [-0.2, -0.15) is 5.10 Å². The van der Waals surface area contributed by atoms with Crippen LogP contribution in [0.5, 0.6) is 0 Å². The summed E-state index contributed by atoms with van der Waals surface area (Å²) in [6.45, 7) is 6.09. The molecule has 0 radical (unpaired) electrons. The van der Waals surface area contributed by atoms with Gasteiger partial charge in [0.25, 0.3) is 5.91 Å². The number of pyridine rings is 1. The van der Waals surface area contributed by atoms with Crippen LogP contribution in [0.25, 0.3) is 5.82 Å². The molecule has 2 N–H and O–H groups in total. The number of aromatic nitrogens is 3. The summed E-state index contributed by atoms with van der Waals surface area (Å²) < 4.78 is 1.70.